The molecule has 24 heavy (non-hydrogen) atoms. The topological polar surface area (TPSA) is 93.6 Å². The number of sulfonamides is 1. The molecule has 2 aliphatic rings. The molecule has 2 aliphatic carbocycles. The van der Waals surface area contributed by atoms with Gasteiger partial charge in [0.1, 0.15) is 6.26 Å². The summed E-state index contributed by atoms with van der Waals surface area (Å²) in [5.74, 6) is -0.196. The van der Waals surface area contributed by atoms with Gasteiger partial charge in [0.2, 0.25) is 5.09 Å². The number of nitrogens with zero attached hydrogens (tertiary/aromatic N) is 1. The van der Waals surface area contributed by atoms with Crippen LogP contribution in [0.2, 0.25) is 0 Å². The van der Waals surface area contributed by atoms with Crippen molar-refractivity contribution in [1.82, 2.24) is 4.90 Å². The Morgan fingerprint density at radius 1 is 1.21 bits per heavy atom. The number of nitrogens with two attached hydrogens (primary N) is 1. The summed E-state index contributed by atoms with van der Waals surface area (Å²) in [5, 5.41) is 4.68. The molecule has 1 fully saturated rings. The van der Waals surface area contributed by atoms with Gasteiger partial charge in [-0.05, 0) is 36.8 Å². The number of hydrogen-bond donors (Lipinski definition) is 1. The molecule has 7 heteroatoms. The highest BCUT2D eigenvalue weighted by atomic mass is 32.2. The molecule has 1 atom stereocenters. The summed E-state index contributed by atoms with van der Waals surface area (Å²) < 4.78 is 27.7. The monoisotopic (exact) mass is 346 g/mol. The highest BCUT2D eigenvalue weighted by Gasteiger charge is 2.41. The molecule has 2 aromatic rings. The van der Waals surface area contributed by atoms with E-state index in [1.54, 1.807) is 0 Å². The summed E-state index contributed by atoms with van der Waals surface area (Å²) in [6.45, 7) is 0. The van der Waals surface area contributed by atoms with E-state index in [1.807, 2.05) is 17.0 Å². The van der Waals surface area contributed by atoms with Crippen LogP contribution in [0.15, 0.2) is 46.1 Å². The second-order valence-electron chi connectivity index (χ2n) is 6.40. The van der Waals surface area contributed by atoms with Gasteiger partial charge in [0.15, 0.2) is 0 Å². The van der Waals surface area contributed by atoms with Crippen molar-refractivity contribution in [2.45, 2.75) is 42.9 Å². The molecule has 0 aliphatic heterocycles. The van der Waals surface area contributed by atoms with Crippen molar-refractivity contribution in [3.8, 4) is 0 Å². The Balaban J connectivity index is 1.67. The third-order valence-electron chi connectivity index (χ3n) is 4.71. The van der Waals surface area contributed by atoms with Crippen LogP contribution in [0.1, 0.15) is 46.8 Å². The van der Waals surface area contributed by atoms with Crippen molar-refractivity contribution in [1.29, 1.82) is 0 Å². The lowest BCUT2D eigenvalue weighted by molar-refractivity contribution is 0.0657. The fourth-order valence-corrected chi connectivity index (χ4v) is 3.94. The van der Waals surface area contributed by atoms with Gasteiger partial charge in [0, 0.05) is 12.1 Å². The van der Waals surface area contributed by atoms with E-state index in [9.17, 15) is 13.2 Å². The Bertz CT molecular complexity index is 899. The first-order valence-corrected chi connectivity index (χ1v) is 9.51. The van der Waals surface area contributed by atoms with E-state index in [0.717, 1.165) is 25.7 Å². The molecular formula is C17H18N2O4S. The van der Waals surface area contributed by atoms with Gasteiger partial charge in [-0.2, -0.15) is 0 Å². The highest BCUT2D eigenvalue weighted by molar-refractivity contribution is 7.89. The Hall–Kier alpha value is -2.12. The maximum absolute atomic E-state index is 13.0. The summed E-state index contributed by atoms with van der Waals surface area (Å²) in [6.07, 6.45) is 4.97. The Morgan fingerprint density at radius 3 is 2.62 bits per heavy atom. The largest absolute Gasteiger partial charge is 0.451 e. The van der Waals surface area contributed by atoms with Crippen molar-refractivity contribution < 1.29 is 17.6 Å². The first kappa shape index (κ1) is 15.4. The predicted molar refractivity (Wildman–Crippen MR) is 86.8 cm³/mol. The summed E-state index contributed by atoms with van der Waals surface area (Å²) >= 11 is 0. The number of furan rings is 1. The summed E-state index contributed by atoms with van der Waals surface area (Å²) in [7, 11) is -3.95. The summed E-state index contributed by atoms with van der Waals surface area (Å²) in [4.78, 5) is 14.9. The second kappa shape index (κ2) is 5.46. The number of rotatable bonds is 4. The molecule has 0 bridgehead atoms. The summed E-state index contributed by atoms with van der Waals surface area (Å²) in [5.41, 5.74) is 2.70. The number of primary sulfonamides is 1. The highest BCUT2D eigenvalue weighted by Crippen LogP contribution is 2.42. The van der Waals surface area contributed by atoms with Crippen molar-refractivity contribution in [2.75, 3.05) is 0 Å². The van der Waals surface area contributed by atoms with E-state index in [1.165, 1.54) is 23.5 Å². The third kappa shape index (κ3) is 2.63. The van der Waals surface area contributed by atoms with Gasteiger partial charge in [-0.25, -0.2) is 13.6 Å². The lowest BCUT2D eigenvalue weighted by Gasteiger charge is -2.29. The first-order chi connectivity index (χ1) is 11.4. The zero-order valence-electron chi connectivity index (χ0n) is 13.0. The average Bonchev–Trinajstić information content (AvgIpc) is 3.09. The molecular weight excluding hydrogens is 328 g/mol. The minimum absolute atomic E-state index is 0.0361. The zero-order valence-corrected chi connectivity index (χ0v) is 13.8. The fraction of sp³-hybridized carbons (Fsp3) is 0.353. The van der Waals surface area contributed by atoms with E-state index in [-0.39, 0.29) is 28.6 Å². The molecule has 2 N–H and O–H groups in total. The minimum atomic E-state index is -3.95. The maximum Gasteiger partial charge on any atom is 0.271 e. The van der Waals surface area contributed by atoms with Crippen molar-refractivity contribution in [3.05, 3.63) is 53.3 Å². The number of benzene rings is 1. The van der Waals surface area contributed by atoms with Crippen LogP contribution in [0.4, 0.5) is 0 Å². The van der Waals surface area contributed by atoms with Gasteiger partial charge in [-0.1, -0.05) is 24.3 Å². The van der Waals surface area contributed by atoms with Gasteiger partial charge >= 0.3 is 0 Å². The van der Waals surface area contributed by atoms with Gasteiger partial charge in [0.25, 0.3) is 15.9 Å². The number of aryl methyl sites for hydroxylation is 1. The minimum Gasteiger partial charge on any atom is -0.451 e. The van der Waals surface area contributed by atoms with E-state index in [2.05, 4.69) is 12.1 Å². The predicted octanol–water partition coefficient (Wildman–Crippen LogP) is 2.22. The smallest absolute Gasteiger partial charge is 0.271 e. The summed E-state index contributed by atoms with van der Waals surface area (Å²) in [6, 6.07) is 9.63. The molecule has 1 aromatic carbocycles. The molecule has 6 nitrogen and oxygen atoms in total. The van der Waals surface area contributed by atoms with Gasteiger partial charge in [0.05, 0.1) is 11.6 Å². The second-order valence-corrected chi connectivity index (χ2v) is 7.89. The van der Waals surface area contributed by atoms with Crippen LogP contribution in [0, 0.1) is 0 Å². The van der Waals surface area contributed by atoms with Gasteiger partial charge in [-0.15, -0.1) is 0 Å². The first-order valence-electron chi connectivity index (χ1n) is 7.97. The Labute approximate surface area is 140 Å². The molecule has 1 heterocycles. The Morgan fingerprint density at radius 2 is 1.96 bits per heavy atom. The lowest BCUT2D eigenvalue weighted by Crippen LogP contribution is -2.35. The maximum atomic E-state index is 13.0. The molecule has 1 saturated carbocycles. The lowest BCUT2D eigenvalue weighted by atomic mass is 10.1. The van der Waals surface area contributed by atoms with E-state index >= 15 is 0 Å². The van der Waals surface area contributed by atoms with Crippen molar-refractivity contribution in [3.63, 3.8) is 0 Å². The zero-order chi connectivity index (χ0) is 16.9. The van der Waals surface area contributed by atoms with Crippen LogP contribution >= 0.6 is 0 Å². The molecule has 0 spiro atoms. The van der Waals surface area contributed by atoms with Crippen LogP contribution in [-0.2, 0) is 16.4 Å². The number of amides is 1. The van der Waals surface area contributed by atoms with E-state index in [0.29, 0.717) is 0 Å². The van der Waals surface area contributed by atoms with E-state index < -0.39 is 10.0 Å². The van der Waals surface area contributed by atoms with Gasteiger partial charge in [-0.3, -0.25) is 4.79 Å². The van der Waals surface area contributed by atoms with Crippen LogP contribution in [-0.4, -0.2) is 25.3 Å². The molecule has 1 amide bonds. The van der Waals surface area contributed by atoms with Crippen LogP contribution in [0.3, 0.4) is 0 Å². The quantitative estimate of drug-likeness (QED) is 0.918. The van der Waals surface area contributed by atoms with Crippen molar-refractivity contribution >= 4 is 15.9 Å². The number of carbonyl (C=O) groups excluding carboxylic acids is 1. The molecule has 0 radical (unpaired) electrons. The molecule has 1 aromatic heterocycles. The standard InChI is InChI=1S/C17H18N2O4S/c18-24(21,22)16-9-12(10-23-16)17(20)19(13-6-7-13)15-8-5-11-3-1-2-4-14(11)15/h1-4,9-10,13,15H,5-8H2,(H2,18,21,22). The molecule has 1 unspecified atom stereocenters. The SMILES string of the molecule is NS(=O)(=O)c1cc(C(=O)N(C2CC2)C2CCc3ccccc32)co1. The molecule has 126 valence electrons. The third-order valence-corrected chi connectivity index (χ3v) is 5.49. The normalized spacial score (nSPS) is 20.0. The van der Waals surface area contributed by atoms with Crippen LogP contribution < -0.4 is 5.14 Å². The number of fused-ring (bicyclic) bond motifs is 1. The van der Waals surface area contributed by atoms with Crippen LogP contribution in [0.5, 0.6) is 0 Å². The number of carbonyl (C=O) groups is 1. The van der Waals surface area contributed by atoms with Crippen molar-refractivity contribution in [2.24, 2.45) is 5.14 Å². The molecule has 4 rings (SSSR count). The fourth-order valence-electron chi connectivity index (χ4n) is 3.47. The van der Waals surface area contributed by atoms with Gasteiger partial charge < -0.3 is 9.32 Å². The van der Waals surface area contributed by atoms with E-state index in [4.69, 9.17) is 9.56 Å². The molecule has 0 saturated heterocycles. The Kier molecular flexibility index (Phi) is 3.51. The average molecular weight is 346 g/mol. The van der Waals surface area contributed by atoms with Crippen LogP contribution in [0.25, 0.3) is 0 Å². The number of hydrogen-bond acceptors (Lipinski definition) is 4.